The zero-order valence-electron chi connectivity index (χ0n) is 13.6. The number of rotatable bonds is 7. The van der Waals surface area contributed by atoms with Gasteiger partial charge < -0.3 is 0 Å². The molecule has 1 N–H and O–H groups in total. The molecule has 0 saturated heterocycles. The van der Waals surface area contributed by atoms with Gasteiger partial charge in [0.05, 0.1) is 5.66 Å². The van der Waals surface area contributed by atoms with Crippen molar-refractivity contribution in [3.8, 4) is 0 Å². The van der Waals surface area contributed by atoms with Gasteiger partial charge in [0.15, 0.2) is 0 Å². The Kier molecular flexibility index (Phi) is 5.25. The normalized spacial score (nSPS) is 17.8. The summed E-state index contributed by atoms with van der Waals surface area (Å²) in [5, 5.41) is 3.80. The first kappa shape index (κ1) is 16.0. The third-order valence-corrected chi connectivity index (χ3v) is 4.15. The summed E-state index contributed by atoms with van der Waals surface area (Å²) in [4.78, 5) is 2.68. The topological polar surface area (TPSA) is 15.3 Å². The Labute approximate surface area is 115 Å². The summed E-state index contributed by atoms with van der Waals surface area (Å²) in [5.41, 5.74) is 0.286. The fourth-order valence-corrected chi connectivity index (χ4v) is 3.30. The van der Waals surface area contributed by atoms with Gasteiger partial charge in [0.25, 0.3) is 0 Å². The Balaban J connectivity index is 2.77. The highest BCUT2D eigenvalue weighted by molar-refractivity contribution is 4.93. The van der Waals surface area contributed by atoms with Gasteiger partial charge in [-0.25, -0.2) is 0 Å². The first-order valence-electron chi connectivity index (χ1n) is 7.76. The molecule has 0 atom stereocenters. The summed E-state index contributed by atoms with van der Waals surface area (Å²) in [5.74, 6) is 0.938. The molecule has 108 valence electrons. The van der Waals surface area contributed by atoms with Crippen molar-refractivity contribution in [3.63, 3.8) is 0 Å². The van der Waals surface area contributed by atoms with E-state index in [1.54, 1.807) is 0 Å². The van der Waals surface area contributed by atoms with Crippen LogP contribution in [0.3, 0.4) is 0 Å². The van der Waals surface area contributed by atoms with Crippen LogP contribution in [0.5, 0.6) is 0 Å². The Bertz CT molecular complexity index is 244. The van der Waals surface area contributed by atoms with Gasteiger partial charge in [-0.05, 0) is 72.8 Å². The smallest absolute Gasteiger partial charge is 0.0661 e. The number of nitrogens with zero attached hydrogens (tertiary/aromatic N) is 1. The lowest BCUT2D eigenvalue weighted by Gasteiger charge is -2.51. The number of nitrogens with one attached hydrogen (secondary N) is 1. The minimum Gasteiger partial charge on any atom is -0.299 e. The van der Waals surface area contributed by atoms with Crippen molar-refractivity contribution in [2.24, 2.45) is 5.92 Å². The maximum absolute atomic E-state index is 3.80. The first-order valence-corrected chi connectivity index (χ1v) is 7.76. The molecular weight excluding hydrogens is 220 g/mol. The summed E-state index contributed by atoms with van der Waals surface area (Å²) in [6, 6.07) is 0.659. The molecule has 0 bridgehead atoms. The molecular formula is C16H34N2. The van der Waals surface area contributed by atoms with Crippen LogP contribution in [-0.4, -0.2) is 28.7 Å². The molecule has 1 rings (SSSR count). The van der Waals surface area contributed by atoms with Gasteiger partial charge in [-0.2, -0.15) is 0 Å². The van der Waals surface area contributed by atoms with E-state index in [4.69, 9.17) is 0 Å². The van der Waals surface area contributed by atoms with Crippen molar-refractivity contribution in [2.75, 3.05) is 6.54 Å². The molecule has 1 aliphatic carbocycles. The van der Waals surface area contributed by atoms with Crippen molar-refractivity contribution in [2.45, 2.75) is 91.4 Å². The second-order valence-corrected chi connectivity index (χ2v) is 7.39. The highest BCUT2D eigenvalue weighted by Crippen LogP contribution is 2.32. The van der Waals surface area contributed by atoms with Crippen LogP contribution in [0.4, 0.5) is 0 Å². The fraction of sp³-hybridized carbons (Fsp3) is 1.00. The highest BCUT2D eigenvalue weighted by Gasteiger charge is 2.39. The molecule has 1 fully saturated rings. The van der Waals surface area contributed by atoms with E-state index >= 15 is 0 Å². The Morgan fingerprint density at radius 1 is 1.06 bits per heavy atom. The van der Waals surface area contributed by atoms with Crippen molar-refractivity contribution in [3.05, 3.63) is 0 Å². The molecule has 1 aliphatic rings. The van der Waals surface area contributed by atoms with Gasteiger partial charge in [0.2, 0.25) is 0 Å². The quantitative estimate of drug-likeness (QED) is 0.691. The van der Waals surface area contributed by atoms with E-state index < -0.39 is 0 Å². The lowest BCUT2D eigenvalue weighted by Crippen LogP contribution is -2.64. The molecule has 0 amide bonds. The highest BCUT2D eigenvalue weighted by atomic mass is 15.4. The molecule has 0 aliphatic heterocycles. The lowest BCUT2D eigenvalue weighted by molar-refractivity contribution is -0.0372. The summed E-state index contributed by atoms with van der Waals surface area (Å²) in [7, 11) is 0. The summed E-state index contributed by atoms with van der Waals surface area (Å²) in [6.45, 7) is 17.5. The molecule has 2 nitrogen and oxygen atoms in total. The number of hydrogen-bond donors (Lipinski definition) is 1. The molecule has 0 aromatic heterocycles. The van der Waals surface area contributed by atoms with E-state index in [1.165, 1.54) is 32.2 Å². The molecule has 0 aromatic rings. The van der Waals surface area contributed by atoms with Crippen LogP contribution in [0, 0.1) is 5.92 Å². The Morgan fingerprint density at radius 2 is 1.56 bits per heavy atom. The van der Waals surface area contributed by atoms with Gasteiger partial charge in [-0.15, -0.1) is 0 Å². The molecule has 0 heterocycles. The SMILES string of the molecule is CCC(CC)N(C(C)(C)C)C(C)(C)NCC1CC1. The predicted molar refractivity (Wildman–Crippen MR) is 80.8 cm³/mol. The van der Waals surface area contributed by atoms with Crippen LogP contribution in [0.1, 0.15) is 74.1 Å². The standard InChI is InChI=1S/C16H34N2/c1-8-14(9-2)18(15(3,4)5)16(6,7)17-12-13-10-11-13/h13-14,17H,8-12H2,1-7H3. The zero-order chi connectivity index (χ0) is 14.0. The second-order valence-electron chi connectivity index (χ2n) is 7.39. The van der Waals surface area contributed by atoms with Gasteiger partial charge >= 0.3 is 0 Å². The minimum absolute atomic E-state index is 0.0809. The van der Waals surface area contributed by atoms with Gasteiger partial charge in [0.1, 0.15) is 0 Å². The van der Waals surface area contributed by atoms with Crippen LogP contribution >= 0.6 is 0 Å². The fourth-order valence-electron chi connectivity index (χ4n) is 3.30. The van der Waals surface area contributed by atoms with Crippen molar-refractivity contribution in [1.82, 2.24) is 10.2 Å². The largest absolute Gasteiger partial charge is 0.299 e. The maximum atomic E-state index is 3.80. The van der Waals surface area contributed by atoms with Gasteiger partial charge in [-0.1, -0.05) is 13.8 Å². The second kappa shape index (κ2) is 5.92. The van der Waals surface area contributed by atoms with E-state index in [1.807, 2.05) is 0 Å². The monoisotopic (exact) mass is 254 g/mol. The predicted octanol–water partition coefficient (Wildman–Crippen LogP) is 4.01. The van der Waals surface area contributed by atoms with E-state index in [0.29, 0.717) is 6.04 Å². The average molecular weight is 254 g/mol. The number of hydrogen-bond acceptors (Lipinski definition) is 2. The van der Waals surface area contributed by atoms with E-state index in [9.17, 15) is 0 Å². The third-order valence-electron chi connectivity index (χ3n) is 4.15. The third kappa shape index (κ3) is 4.24. The van der Waals surface area contributed by atoms with Gasteiger partial charge in [-0.3, -0.25) is 10.2 Å². The van der Waals surface area contributed by atoms with Crippen LogP contribution in [0.15, 0.2) is 0 Å². The van der Waals surface area contributed by atoms with E-state index in [2.05, 4.69) is 58.7 Å². The molecule has 0 radical (unpaired) electrons. The molecule has 1 saturated carbocycles. The summed E-state index contributed by atoms with van der Waals surface area (Å²) in [6.07, 6.45) is 5.29. The summed E-state index contributed by atoms with van der Waals surface area (Å²) >= 11 is 0. The van der Waals surface area contributed by atoms with Crippen LogP contribution < -0.4 is 5.32 Å². The van der Waals surface area contributed by atoms with E-state index in [0.717, 1.165) is 5.92 Å². The van der Waals surface area contributed by atoms with Crippen molar-refractivity contribution >= 4 is 0 Å². The molecule has 0 aromatic carbocycles. The van der Waals surface area contributed by atoms with E-state index in [-0.39, 0.29) is 11.2 Å². The lowest BCUT2D eigenvalue weighted by atomic mass is 9.94. The first-order chi connectivity index (χ1) is 8.22. The van der Waals surface area contributed by atoms with Crippen molar-refractivity contribution < 1.29 is 0 Å². The Hall–Kier alpha value is -0.0800. The zero-order valence-corrected chi connectivity index (χ0v) is 13.6. The molecule has 2 heteroatoms. The van der Waals surface area contributed by atoms with Crippen molar-refractivity contribution in [1.29, 1.82) is 0 Å². The van der Waals surface area contributed by atoms with Gasteiger partial charge in [0, 0.05) is 11.6 Å². The van der Waals surface area contributed by atoms with Crippen LogP contribution in [0.2, 0.25) is 0 Å². The Morgan fingerprint density at radius 3 is 1.89 bits per heavy atom. The molecule has 0 spiro atoms. The average Bonchev–Trinajstić information content (AvgIpc) is 3.04. The molecule has 18 heavy (non-hydrogen) atoms. The van der Waals surface area contributed by atoms with Crippen LogP contribution in [-0.2, 0) is 0 Å². The molecule has 0 unspecified atom stereocenters. The summed E-state index contributed by atoms with van der Waals surface area (Å²) < 4.78 is 0. The minimum atomic E-state index is 0.0809. The van der Waals surface area contributed by atoms with Crippen LogP contribution in [0.25, 0.3) is 0 Å². The maximum Gasteiger partial charge on any atom is 0.0661 e.